The van der Waals surface area contributed by atoms with Crippen molar-refractivity contribution in [1.82, 2.24) is 14.7 Å². The highest BCUT2D eigenvalue weighted by molar-refractivity contribution is 5.93. The molecule has 1 N–H and O–H groups in total. The second kappa shape index (κ2) is 4.45. The monoisotopic (exact) mass is 275 g/mol. The van der Waals surface area contributed by atoms with E-state index in [0.29, 0.717) is 0 Å². The summed E-state index contributed by atoms with van der Waals surface area (Å²) < 4.78 is 1.97. The molecule has 0 saturated carbocycles. The van der Waals surface area contributed by atoms with Crippen LogP contribution in [0.3, 0.4) is 0 Å². The highest BCUT2D eigenvalue weighted by atomic mass is 16.3. The van der Waals surface area contributed by atoms with Gasteiger partial charge in [-0.25, -0.2) is 0 Å². The number of hydrogen-bond acceptors (Lipinski definition) is 3. The largest absolute Gasteiger partial charge is 0.393 e. The summed E-state index contributed by atoms with van der Waals surface area (Å²) in [6.45, 7) is 8.64. The molecule has 3 atom stereocenters. The molecule has 1 saturated heterocycles. The van der Waals surface area contributed by atoms with Crippen molar-refractivity contribution in [3.63, 3.8) is 0 Å². The van der Waals surface area contributed by atoms with E-state index < -0.39 is 6.10 Å². The molecule has 0 aromatic carbocycles. The van der Waals surface area contributed by atoms with Gasteiger partial charge in [0.2, 0.25) is 5.91 Å². The summed E-state index contributed by atoms with van der Waals surface area (Å²) in [7, 11) is 0. The van der Waals surface area contributed by atoms with Crippen molar-refractivity contribution < 1.29 is 9.90 Å². The van der Waals surface area contributed by atoms with Crippen molar-refractivity contribution in [3.8, 4) is 0 Å². The number of hydrogen-bond donors (Lipinski definition) is 1. The maximum Gasteiger partial charge on any atom is 0.234 e. The Kier molecular flexibility index (Phi) is 2.97. The van der Waals surface area contributed by atoms with Crippen molar-refractivity contribution in [2.75, 3.05) is 0 Å². The lowest BCUT2D eigenvalue weighted by Gasteiger charge is -2.45. The van der Waals surface area contributed by atoms with Crippen LogP contribution < -0.4 is 0 Å². The number of aliphatic hydroxyl groups excluding tert-OH is 1. The van der Waals surface area contributed by atoms with E-state index in [0.717, 1.165) is 35.6 Å². The Morgan fingerprint density at radius 2 is 2.20 bits per heavy atom. The van der Waals surface area contributed by atoms with Gasteiger partial charge in [0, 0.05) is 23.5 Å². The van der Waals surface area contributed by atoms with Crippen molar-refractivity contribution >= 4 is 11.5 Å². The Bertz CT molecular complexity index is 600. The topological polar surface area (TPSA) is 58.4 Å². The van der Waals surface area contributed by atoms with Gasteiger partial charge in [-0.2, -0.15) is 5.10 Å². The summed E-state index contributed by atoms with van der Waals surface area (Å²) in [5.41, 5.74) is 4.24. The molecule has 0 bridgehead atoms. The molecule has 0 radical (unpaired) electrons. The van der Waals surface area contributed by atoms with Gasteiger partial charge in [0.25, 0.3) is 0 Å². The minimum Gasteiger partial charge on any atom is -0.393 e. The van der Waals surface area contributed by atoms with Crippen LogP contribution in [0.4, 0.5) is 0 Å². The molecule has 3 rings (SSSR count). The molecule has 5 nitrogen and oxygen atoms in total. The van der Waals surface area contributed by atoms with Gasteiger partial charge in [-0.05, 0) is 40.2 Å². The maximum absolute atomic E-state index is 12.1. The van der Waals surface area contributed by atoms with Crippen molar-refractivity contribution in [2.24, 2.45) is 5.92 Å². The zero-order chi connectivity index (χ0) is 14.6. The number of carbonyl (C=O) groups excluding carboxylic acids is 1. The molecule has 1 amide bonds. The van der Waals surface area contributed by atoms with Crippen molar-refractivity contribution in [3.05, 3.63) is 23.2 Å². The number of aryl methyl sites for hydroxylation is 2. The molecule has 5 heteroatoms. The smallest absolute Gasteiger partial charge is 0.234 e. The van der Waals surface area contributed by atoms with Gasteiger partial charge < -0.3 is 10.0 Å². The van der Waals surface area contributed by atoms with Gasteiger partial charge >= 0.3 is 0 Å². The van der Waals surface area contributed by atoms with E-state index in [1.807, 2.05) is 23.4 Å². The number of aromatic nitrogens is 2. The quantitative estimate of drug-likeness (QED) is 0.852. The summed E-state index contributed by atoms with van der Waals surface area (Å²) in [5.74, 6) is -0.207. The first-order chi connectivity index (χ1) is 9.45. The summed E-state index contributed by atoms with van der Waals surface area (Å²) in [5, 5.41) is 14.3. The van der Waals surface area contributed by atoms with Crippen LogP contribution in [-0.4, -0.2) is 37.8 Å². The average molecular weight is 275 g/mol. The SMILES string of the molecule is CCn1nc(C2=C(C)N3C(=O)[C@H]([C@@H](C)O)[C@H]3C2)cc1C. The number of allylic oxidation sites excluding steroid dienone is 1. The van der Waals surface area contributed by atoms with Crippen molar-refractivity contribution in [1.29, 1.82) is 0 Å². The number of nitrogens with zero attached hydrogens (tertiary/aromatic N) is 3. The van der Waals surface area contributed by atoms with Crippen molar-refractivity contribution in [2.45, 2.75) is 52.8 Å². The minimum atomic E-state index is -0.578. The third kappa shape index (κ3) is 1.66. The Morgan fingerprint density at radius 3 is 2.75 bits per heavy atom. The van der Waals surface area contributed by atoms with Crippen LogP contribution >= 0.6 is 0 Å². The fourth-order valence-electron chi connectivity index (χ4n) is 3.50. The van der Waals surface area contributed by atoms with E-state index in [4.69, 9.17) is 0 Å². The summed E-state index contributed by atoms with van der Waals surface area (Å²) in [6, 6.07) is 2.19. The van der Waals surface area contributed by atoms with Gasteiger partial charge in [0.15, 0.2) is 0 Å². The van der Waals surface area contributed by atoms with E-state index in [-0.39, 0.29) is 17.9 Å². The molecular formula is C15H21N3O2. The maximum atomic E-state index is 12.1. The molecule has 0 unspecified atom stereocenters. The van der Waals surface area contributed by atoms with E-state index in [9.17, 15) is 9.90 Å². The van der Waals surface area contributed by atoms with Crippen LogP contribution in [0.5, 0.6) is 0 Å². The molecular weight excluding hydrogens is 254 g/mol. The predicted molar refractivity (Wildman–Crippen MR) is 75.7 cm³/mol. The summed E-state index contributed by atoms with van der Waals surface area (Å²) >= 11 is 0. The van der Waals surface area contributed by atoms with Gasteiger partial charge in [0.1, 0.15) is 0 Å². The molecule has 2 aliphatic rings. The molecule has 20 heavy (non-hydrogen) atoms. The number of β-lactam (4-membered cyclic amide) rings is 1. The molecule has 0 spiro atoms. The van der Waals surface area contributed by atoms with E-state index in [1.54, 1.807) is 6.92 Å². The molecule has 3 heterocycles. The lowest BCUT2D eigenvalue weighted by Crippen LogP contribution is -2.60. The van der Waals surface area contributed by atoms with Crippen LogP contribution in [0, 0.1) is 12.8 Å². The van der Waals surface area contributed by atoms with E-state index in [2.05, 4.69) is 18.1 Å². The lowest BCUT2D eigenvalue weighted by molar-refractivity contribution is -0.157. The Hall–Kier alpha value is -1.62. The molecule has 1 fully saturated rings. The molecule has 1 aromatic rings. The third-order valence-corrected chi connectivity index (χ3v) is 4.59. The van der Waals surface area contributed by atoms with Gasteiger partial charge in [-0.15, -0.1) is 0 Å². The Morgan fingerprint density at radius 1 is 1.50 bits per heavy atom. The first kappa shape index (κ1) is 13.4. The normalized spacial score (nSPS) is 26.9. The zero-order valence-electron chi connectivity index (χ0n) is 12.4. The highest BCUT2D eigenvalue weighted by Crippen LogP contribution is 2.46. The average Bonchev–Trinajstić information content (AvgIpc) is 2.86. The number of amides is 1. The van der Waals surface area contributed by atoms with Gasteiger partial charge in [-0.1, -0.05) is 0 Å². The lowest BCUT2D eigenvalue weighted by atomic mass is 9.83. The standard InChI is InChI=1S/C15H21N3O2/c1-5-17-8(2)6-12(16-17)11-7-13-14(10(4)19)15(20)18(13)9(11)3/h6,10,13-14,19H,5,7H2,1-4H3/t10-,13-,14-/m1/s1. The number of fused-ring (bicyclic) bond motifs is 1. The van der Waals surface area contributed by atoms with Crippen LogP contribution in [0.1, 0.15) is 38.6 Å². The first-order valence-electron chi connectivity index (χ1n) is 7.21. The number of aliphatic hydroxyl groups is 1. The van der Waals surface area contributed by atoms with Crippen LogP contribution in [0.2, 0.25) is 0 Å². The zero-order valence-corrected chi connectivity index (χ0v) is 12.4. The third-order valence-electron chi connectivity index (χ3n) is 4.59. The van der Waals surface area contributed by atoms with Gasteiger partial charge in [-0.3, -0.25) is 9.48 Å². The predicted octanol–water partition coefficient (Wildman–Crippen LogP) is 1.55. The second-order valence-corrected chi connectivity index (χ2v) is 5.80. The minimum absolute atomic E-state index is 0.0455. The fraction of sp³-hybridized carbons (Fsp3) is 0.600. The molecule has 1 aromatic heterocycles. The fourth-order valence-corrected chi connectivity index (χ4v) is 3.50. The first-order valence-corrected chi connectivity index (χ1v) is 7.21. The van der Waals surface area contributed by atoms with E-state index in [1.165, 1.54) is 0 Å². The van der Waals surface area contributed by atoms with Crippen LogP contribution in [0.25, 0.3) is 5.57 Å². The summed E-state index contributed by atoms with van der Waals surface area (Å²) in [6.07, 6.45) is 0.221. The van der Waals surface area contributed by atoms with Gasteiger partial charge in [0.05, 0.1) is 23.8 Å². The van der Waals surface area contributed by atoms with Crippen LogP contribution in [0.15, 0.2) is 11.8 Å². The molecule has 0 aliphatic carbocycles. The van der Waals surface area contributed by atoms with Crippen LogP contribution in [-0.2, 0) is 11.3 Å². The number of carbonyl (C=O) groups is 1. The Balaban J connectivity index is 1.92. The van der Waals surface area contributed by atoms with E-state index >= 15 is 0 Å². The molecule has 108 valence electrons. The Labute approximate surface area is 118 Å². The highest BCUT2D eigenvalue weighted by Gasteiger charge is 2.54. The second-order valence-electron chi connectivity index (χ2n) is 5.80. The number of rotatable bonds is 3. The molecule has 2 aliphatic heterocycles. The summed E-state index contributed by atoms with van der Waals surface area (Å²) in [4.78, 5) is 13.9.